The first kappa shape index (κ1) is 19.2. The SMILES string of the molecule is COc1cc2nc(NC(C)C)ncc2cc1-c1cc(C(=O)NC2CC2)ccc1C. The molecule has 1 saturated carbocycles. The molecule has 1 aromatic heterocycles. The second-order valence-corrected chi connectivity index (χ2v) is 7.88. The Labute approximate surface area is 170 Å². The standard InChI is InChI=1S/C23H26N4O2/c1-13(2)25-23-24-12-16-10-19(21(29-4)11-20(16)27-23)18-9-15(6-5-14(18)3)22(28)26-17-7-8-17/h5-6,9-13,17H,7-8H2,1-4H3,(H,26,28)(H,24,25,27). The summed E-state index contributed by atoms with van der Waals surface area (Å²) in [6, 6.07) is 10.3. The molecule has 1 fully saturated rings. The van der Waals surface area contributed by atoms with Crippen molar-refractivity contribution in [3.8, 4) is 16.9 Å². The number of nitrogens with one attached hydrogen (secondary N) is 2. The molecule has 0 aliphatic heterocycles. The molecule has 150 valence electrons. The molecule has 4 rings (SSSR count). The molecule has 0 bridgehead atoms. The lowest BCUT2D eigenvalue weighted by molar-refractivity contribution is 0.0951. The number of carbonyl (C=O) groups excluding carboxylic acids is 1. The summed E-state index contributed by atoms with van der Waals surface area (Å²) in [6.07, 6.45) is 3.95. The first-order chi connectivity index (χ1) is 13.9. The zero-order chi connectivity index (χ0) is 20.5. The largest absolute Gasteiger partial charge is 0.496 e. The van der Waals surface area contributed by atoms with E-state index in [0.717, 1.165) is 46.2 Å². The van der Waals surface area contributed by atoms with Gasteiger partial charge >= 0.3 is 0 Å². The first-order valence-corrected chi connectivity index (χ1v) is 9.98. The molecular formula is C23H26N4O2. The van der Waals surface area contributed by atoms with Crippen molar-refractivity contribution in [1.82, 2.24) is 15.3 Å². The van der Waals surface area contributed by atoms with Crippen LogP contribution < -0.4 is 15.4 Å². The molecule has 1 aliphatic rings. The van der Waals surface area contributed by atoms with E-state index in [2.05, 4.69) is 20.6 Å². The molecular weight excluding hydrogens is 364 g/mol. The van der Waals surface area contributed by atoms with E-state index in [-0.39, 0.29) is 11.9 Å². The number of fused-ring (bicyclic) bond motifs is 1. The fraction of sp³-hybridized carbons (Fsp3) is 0.348. The molecule has 0 saturated heterocycles. The average Bonchev–Trinajstić information content (AvgIpc) is 3.50. The Bertz CT molecular complexity index is 1070. The summed E-state index contributed by atoms with van der Waals surface area (Å²) in [5.74, 6) is 1.29. The van der Waals surface area contributed by atoms with E-state index in [1.807, 2.05) is 57.3 Å². The second kappa shape index (κ2) is 7.70. The van der Waals surface area contributed by atoms with Gasteiger partial charge in [0.25, 0.3) is 5.91 Å². The number of amides is 1. The molecule has 6 heteroatoms. The zero-order valence-corrected chi connectivity index (χ0v) is 17.2. The Hall–Kier alpha value is -3.15. The first-order valence-electron chi connectivity index (χ1n) is 9.98. The van der Waals surface area contributed by atoms with E-state index in [9.17, 15) is 4.79 Å². The van der Waals surface area contributed by atoms with Gasteiger partial charge in [-0.3, -0.25) is 4.79 Å². The van der Waals surface area contributed by atoms with Crippen LogP contribution in [0.2, 0.25) is 0 Å². The van der Waals surface area contributed by atoms with Crippen molar-refractivity contribution in [3.05, 3.63) is 47.7 Å². The van der Waals surface area contributed by atoms with Gasteiger partial charge in [-0.1, -0.05) is 6.07 Å². The Kier molecular flexibility index (Phi) is 5.09. The summed E-state index contributed by atoms with van der Waals surface area (Å²) in [5, 5.41) is 7.19. The summed E-state index contributed by atoms with van der Waals surface area (Å²) in [4.78, 5) is 21.5. The van der Waals surface area contributed by atoms with Crippen molar-refractivity contribution in [2.75, 3.05) is 12.4 Å². The fourth-order valence-corrected chi connectivity index (χ4v) is 3.32. The lowest BCUT2D eigenvalue weighted by Gasteiger charge is -2.15. The van der Waals surface area contributed by atoms with Crippen LogP contribution in [0.25, 0.3) is 22.0 Å². The summed E-state index contributed by atoms with van der Waals surface area (Å²) in [6.45, 7) is 6.13. The molecule has 6 nitrogen and oxygen atoms in total. The Morgan fingerprint density at radius 2 is 1.97 bits per heavy atom. The summed E-state index contributed by atoms with van der Waals surface area (Å²) in [7, 11) is 1.65. The highest BCUT2D eigenvalue weighted by atomic mass is 16.5. The summed E-state index contributed by atoms with van der Waals surface area (Å²) in [5.41, 5.74) is 4.43. The van der Waals surface area contributed by atoms with Gasteiger partial charge in [-0.2, -0.15) is 0 Å². The minimum absolute atomic E-state index is 0.0266. The highest BCUT2D eigenvalue weighted by molar-refractivity contribution is 5.97. The number of nitrogens with zero attached hydrogens (tertiary/aromatic N) is 2. The number of aromatic nitrogens is 2. The molecule has 0 unspecified atom stereocenters. The number of aryl methyl sites for hydroxylation is 1. The fourth-order valence-electron chi connectivity index (χ4n) is 3.32. The van der Waals surface area contributed by atoms with Crippen LogP contribution >= 0.6 is 0 Å². The van der Waals surface area contributed by atoms with Gasteiger partial charge in [0.05, 0.1) is 12.6 Å². The average molecular weight is 390 g/mol. The minimum Gasteiger partial charge on any atom is -0.496 e. The Morgan fingerprint density at radius 3 is 2.66 bits per heavy atom. The number of hydrogen-bond donors (Lipinski definition) is 2. The van der Waals surface area contributed by atoms with Crippen LogP contribution in [0.1, 0.15) is 42.6 Å². The molecule has 1 aliphatic carbocycles. The van der Waals surface area contributed by atoms with Crippen LogP contribution in [0.15, 0.2) is 36.5 Å². The number of anilines is 1. The minimum atomic E-state index is -0.0266. The van der Waals surface area contributed by atoms with Gasteiger partial charge in [-0.25, -0.2) is 9.97 Å². The van der Waals surface area contributed by atoms with E-state index in [1.165, 1.54) is 0 Å². The van der Waals surface area contributed by atoms with E-state index in [0.29, 0.717) is 17.6 Å². The van der Waals surface area contributed by atoms with Crippen LogP contribution in [0.5, 0.6) is 5.75 Å². The molecule has 2 N–H and O–H groups in total. The molecule has 0 radical (unpaired) electrons. The van der Waals surface area contributed by atoms with E-state index in [1.54, 1.807) is 7.11 Å². The van der Waals surface area contributed by atoms with Crippen molar-refractivity contribution in [3.63, 3.8) is 0 Å². The van der Waals surface area contributed by atoms with Crippen LogP contribution in [-0.4, -0.2) is 35.1 Å². The molecule has 1 amide bonds. The third-order valence-electron chi connectivity index (χ3n) is 5.02. The molecule has 1 heterocycles. The second-order valence-electron chi connectivity index (χ2n) is 7.88. The Balaban J connectivity index is 1.77. The third kappa shape index (κ3) is 4.16. The topological polar surface area (TPSA) is 76.1 Å². The molecule has 3 aromatic rings. The van der Waals surface area contributed by atoms with E-state index in [4.69, 9.17) is 4.74 Å². The van der Waals surface area contributed by atoms with Gasteiger partial charge in [0, 0.05) is 40.9 Å². The number of ether oxygens (including phenoxy) is 1. The zero-order valence-electron chi connectivity index (χ0n) is 17.2. The van der Waals surface area contributed by atoms with Crippen molar-refractivity contribution < 1.29 is 9.53 Å². The van der Waals surface area contributed by atoms with Crippen LogP contribution in [0, 0.1) is 6.92 Å². The van der Waals surface area contributed by atoms with Crippen LogP contribution in [0.3, 0.4) is 0 Å². The van der Waals surface area contributed by atoms with Gasteiger partial charge in [-0.05, 0) is 62.9 Å². The van der Waals surface area contributed by atoms with E-state index < -0.39 is 0 Å². The normalized spacial score (nSPS) is 13.6. The maximum Gasteiger partial charge on any atom is 0.251 e. The van der Waals surface area contributed by atoms with Crippen molar-refractivity contribution in [2.45, 2.75) is 45.7 Å². The maximum atomic E-state index is 12.5. The highest BCUT2D eigenvalue weighted by Crippen LogP contribution is 2.36. The number of rotatable bonds is 6. The smallest absolute Gasteiger partial charge is 0.251 e. The maximum absolute atomic E-state index is 12.5. The summed E-state index contributed by atoms with van der Waals surface area (Å²) >= 11 is 0. The Morgan fingerprint density at radius 1 is 1.17 bits per heavy atom. The lowest BCUT2D eigenvalue weighted by atomic mass is 9.96. The van der Waals surface area contributed by atoms with Crippen LogP contribution in [0.4, 0.5) is 5.95 Å². The van der Waals surface area contributed by atoms with Crippen molar-refractivity contribution in [2.24, 2.45) is 0 Å². The lowest BCUT2D eigenvalue weighted by Crippen LogP contribution is -2.25. The molecule has 0 spiro atoms. The van der Waals surface area contributed by atoms with Gasteiger partial charge in [0.15, 0.2) is 0 Å². The molecule has 2 aromatic carbocycles. The molecule has 0 atom stereocenters. The van der Waals surface area contributed by atoms with Crippen molar-refractivity contribution in [1.29, 1.82) is 0 Å². The number of carbonyl (C=O) groups is 1. The predicted octanol–water partition coefficient (Wildman–Crippen LogP) is 4.33. The van der Waals surface area contributed by atoms with Gasteiger partial charge < -0.3 is 15.4 Å². The van der Waals surface area contributed by atoms with Crippen molar-refractivity contribution >= 4 is 22.8 Å². The van der Waals surface area contributed by atoms with Gasteiger partial charge in [0.2, 0.25) is 5.95 Å². The van der Waals surface area contributed by atoms with E-state index >= 15 is 0 Å². The highest BCUT2D eigenvalue weighted by Gasteiger charge is 2.24. The van der Waals surface area contributed by atoms with Crippen LogP contribution in [-0.2, 0) is 0 Å². The number of hydrogen-bond acceptors (Lipinski definition) is 5. The summed E-state index contributed by atoms with van der Waals surface area (Å²) < 4.78 is 5.68. The third-order valence-corrected chi connectivity index (χ3v) is 5.02. The van der Waals surface area contributed by atoms with Gasteiger partial charge in [0.1, 0.15) is 5.75 Å². The monoisotopic (exact) mass is 390 g/mol. The molecule has 29 heavy (non-hydrogen) atoms. The van der Waals surface area contributed by atoms with Gasteiger partial charge in [-0.15, -0.1) is 0 Å². The quantitative estimate of drug-likeness (QED) is 0.655. The number of benzene rings is 2. The predicted molar refractivity (Wildman–Crippen MR) is 116 cm³/mol. The number of methoxy groups -OCH3 is 1.